The Bertz CT molecular complexity index is 4180. The molecule has 98 heavy (non-hydrogen) atoms. The molecule has 486 valence electrons. The third-order valence-electron chi connectivity index (χ3n) is 17.9. The monoisotopic (exact) mass is 1280 g/mol. The van der Waals surface area contributed by atoms with E-state index in [2.05, 4.69) is 327 Å². The van der Waals surface area contributed by atoms with Gasteiger partial charge in [-0.3, -0.25) is 0 Å². The van der Waals surface area contributed by atoms with Crippen molar-refractivity contribution >= 4 is 58.4 Å². The second-order valence-corrected chi connectivity index (χ2v) is 24.7. The Balaban J connectivity index is 0.719. The lowest BCUT2D eigenvalue weighted by Crippen LogP contribution is -2.10. The summed E-state index contributed by atoms with van der Waals surface area (Å²) in [6, 6.07) is 104. The first-order valence-electron chi connectivity index (χ1n) is 33.8. The molecule has 0 saturated carbocycles. The molecule has 6 nitrogen and oxygen atoms in total. The highest BCUT2D eigenvalue weighted by Crippen LogP contribution is 2.39. The lowest BCUT2D eigenvalue weighted by molar-refractivity contribution is 0.107. The zero-order valence-corrected chi connectivity index (χ0v) is 55.9. The fourth-order valence-corrected chi connectivity index (χ4v) is 12.0. The van der Waals surface area contributed by atoms with E-state index in [9.17, 15) is 0 Å². The van der Waals surface area contributed by atoms with Gasteiger partial charge in [0.1, 0.15) is 0 Å². The summed E-state index contributed by atoms with van der Waals surface area (Å²) in [6.45, 7) is 20.1. The molecular formula is C92H84N2O4. The smallest absolute Gasteiger partial charge is 0.0721 e. The maximum Gasteiger partial charge on any atom is 0.0721 e. The average Bonchev–Trinajstić information content (AvgIpc) is 0.813. The molecule has 0 N–H and O–H groups in total. The van der Waals surface area contributed by atoms with Crippen LogP contribution in [-0.4, -0.2) is 13.2 Å². The highest BCUT2D eigenvalue weighted by molar-refractivity contribution is 5.80. The molecule has 12 aromatic rings. The summed E-state index contributed by atoms with van der Waals surface area (Å²) in [5, 5.41) is 0. The van der Waals surface area contributed by atoms with Gasteiger partial charge in [0.2, 0.25) is 0 Å². The van der Waals surface area contributed by atoms with Gasteiger partial charge in [0.25, 0.3) is 0 Å². The summed E-state index contributed by atoms with van der Waals surface area (Å²) in [7, 11) is 0. The van der Waals surface area contributed by atoms with Gasteiger partial charge in [-0.1, -0.05) is 269 Å². The quantitative estimate of drug-likeness (QED) is 0.0382. The van der Waals surface area contributed by atoms with Crippen LogP contribution in [0.5, 0.6) is 0 Å². The Kier molecular flexibility index (Phi) is 23.3. The predicted octanol–water partition coefficient (Wildman–Crippen LogP) is 23.3. The Morgan fingerprint density at radius 2 is 0.367 bits per heavy atom. The molecule has 0 aliphatic carbocycles. The van der Waals surface area contributed by atoms with Crippen molar-refractivity contribution in [2.24, 2.45) is 0 Å². The van der Waals surface area contributed by atoms with Crippen molar-refractivity contribution in [2.75, 3.05) is 23.0 Å². The molecule has 0 spiro atoms. The Morgan fingerprint density at radius 1 is 0.194 bits per heavy atom. The van der Waals surface area contributed by atoms with Gasteiger partial charge in [-0.15, -0.1) is 0 Å². The number of hydrogen-bond acceptors (Lipinski definition) is 6. The summed E-state index contributed by atoms with van der Waals surface area (Å²) in [4.78, 5) is 4.69. The number of hydrogen-bond donors (Lipinski definition) is 0. The van der Waals surface area contributed by atoms with E-state index < -0.39 is 0 Å². The average molecular weight is 1280 g/mol. The molecule has 0 atom stereocenters. The zero-order chi connectivity index (χ0) is 67.1. The number of anilines is 6. The molecule has 0 aliphatic rings. The normalized spacial score (nSPS) is 11.1. The molecule has 0 aromatic heterocycles. The molecule has 0 bridgehead atoms. The van der Waals surface area contributed by atoms with E-state index in [4.69, 9.17) is 18.9 Å². The Labute approximate surface area is 580 Å². The number of aryl methyl sites for hydroxylation is 2. The topological polar surface area (TPSA) is 43.4 Å². The van der Waals surface area contributed by atoms with Gasteiger partial charge in [-0.2, -0.15) is 0 Å². The molecule has 6 heteroatoms. The van der Waals surface area contributed by atoms with Crippen molar-refractivity contribution in [1.82, 2.24) is 0 Å². The second kappa shape index (κ2) is 34.1. The summed E-state index contributed by atoms with van der Waals surface area (Å²) in [5.74, 6) is 0. The molecule has 0 fully saturated rings. The standard InChI is InChI=1S/C92H84N2O4/c1-5-69-9-19-77(20-10-69)63-95-61-59-75-35-51-89(52-36-75)93(91-55-43-85(44-56-91)83-39-27-81(28-40-83)67-97-65-79-23-13-71(7-3)14-24-79)87-47-31-73(32-48-87)17-18-74-33-49-88(50-34-74)94(90-53-37-76(38-54-90)60-62-96-64-78-21-11-70(6-2)12-22-78)92-57-45-86(46-58-92)84-41-29-82(30-42-84)68-98-66-80-25-15-72(8-4)16-26-80/h5-16,19-58H,1-4,17-18,59-68H2. The minimum Gasteiger partial charge on any atom is -0.376 e. The molecule has 12 aromatic carbocycles. The van der Waals surface area contributed by atoms with Crippen molar-refractivity contribution in [3.05, 3.63) is 395 Å². The minimum atomic E-state index is 0.545. The first kappa shape index (κ1) is 67.0. The van der Waals surface area contributed by atoms with E-state index in [-0.39, 0.29) is 0 Å². The van der Waals surface area contributed by atoms with Gasteiger partial charge in [-0.25, -0.2) is 0 Å². The van der Waals surface area contributed by atoms with Crippen LogP contribution < -0.4 is 9.80 Å². The zero-order valence-electron chi connectivity index (χ0n) is 55.9. The molecule has 12 rings (SSSR count). The highest BCUT2D eigenvalue weighted by atomic mass is 16.5. The lowest BCUT2D eigenvalue weighted by Gasteiger charge is -2.26. The van der Waals surface area contributed by atoms with Gasteiger partial charge < -0.3 is 28.7 Å². The fourth-order valence-electron chi connectivity index (χ4n) is 12.0. The van der Waals surface area contributed by atoms with Gasteiger partial charge in [0.15, 0.2) is 0 Å². The van der Waals surface area contributed by atoms with Gasteiger partial charge in [-0.05, 0) is 199 Å². The van der Waals surface area contributed by atoms with Crippen molar-refractivity contribution in [3.63, 3.8) is 0 Å². The number of ether oxygens (including phenoxy) is 4. The molecule has 0 heterocycles. The Hall–Kier alpha value is -11.0. The van der Waals surface area contributed by atoms with E-state index in [1.165, 1.54) is 22.3 Å². The molecule has 0 unspecified atom stereocenters. The van der Waals surface area contributed by atoms with E-state index in [0.717, 1.165) is 138 Å². The van der Waals surface area contributed by atoms with E-state index >= 15 is 0 Å². The maximum atomic E-state index is 6.12. The van der Waals surface area contributed by atoms with Crippen LogP contribution in [0, 0.1) is 0 Å². The third-order valence-corrected chi connectivity index (χ3v) is 17.9. The van der Waals surface area contributed by atoms with Crippen LogP contribution in [0.15, 0.2) is 318 Å². The fraction of sp³-hybridized carbons (Fsp3) is 0.130. The van der Waals surface area contributed by atoms with Crippen LogP contribution >= 0.6 is 0 Å². The molecular weight excluding hydrogens is 1200 g/mol. The predicted molar refractivity (Wildman–Crippen MR) is 410 cm³/mol. The second-order valence-electron chi connectivity index (χ2n) is 24.7. The van der Waals surface area contributed by atoms with Crippen LogP contribution in [0.2, 0.25) is 0 Å². The van der Waals surface area contributed by atoms with Gasteiger partial charge in [0, 0.05) is 34.1 Å². The van der Waals surface area contributed by atoms with Crippen LogP contribution in [-0.2, 0) is 84.3 Å². The first-order chi connectivity index (χ1) is 48.3. The number of rotatable bonds is 33. The molecule has 0 saturated heterocycles. The van der Waals surface area contributed by atoms with Crippen LogP contribution in [0.1, 0.15) is 77.9 Å². The summed E-state index contributed by atoms with van der Waals surface area (Å²) in [6.07, 6.45) is 10.9. The first-order valence-corrected chi connectivity index (χ1v) is 33.8. The largest absolute Gasteiger partial charge is 0.376 e. The Morgan fingerprint density at radius 3 is 0.592 bits per heavy atom. The van der Waals surface area contributed by atoms with Gasteiger partial charge in [0.05, 0.1) is 52.9 Å². The highest BCUT2D eigenvalue weighted by Gasteiger charge is 2.17. The number of benzene rings is 12. The molecule has 0 aliphatic heterocycles. The number of nitrogens with zero attached hydrogens (tertiary/aromatic N) is 2. The summed E-state index contributed by atoms with van der Waals surface area (Å²) in [5.41, 5.74) is 27.4. The van der Waals surface area contributed by atoms with E-state index in [1.54, 1.807) is 0 Å². The minimum absolute atomic E-state index is 0.545. The van der Waals surface area contributed by atoms with Crippen molar-refractivity contribution in [3.8, 4) is 22.3 Å². The SMILES string of the molecule is C=Cc1ccc(COCCc2ccc(N(c3ccc(CCc4ccc(N(c5ccc(CCOCc6ccc(C=C)cc6)cc5)c5ccc(-c6ccc(COCc7ccc(C=C)cc7)cc6)cc5)cc4)cc3)c3ccc(-c4ccc(COCc5ccc(C=C)cc5)cc4)cc3)cc2)cc1. The molecule has 0 amide bonds. The van der Waals surface area contributed by atoms with Crippen molar-refractivity contribution < 1.29 is 18.9 Å². The van der Waals surface area contributed by atoms with Gasteiger partial charge >= 0.3 is 0 Å². The van der Waals surface area contributed by atoms with E-state index in [1.807, 2.05) is 24.3 Å². The van der Waals surface area contributed by atoms with Crippen LogP contribution in [0.3, 0.4) is 0 Å². The van der Waals surface area contributed by atoms with E-state index in [0.29, 0.717) is 52.9 Å². The van der Waals surface area contributed by atoms with Crippen molar-refractivity contribution in [2.45, 2.75) is 65.3 Å². The summed E-state index contributed by atoms with van der Waals surface area (Å²) < 4.78 is 24.4. The van der Waals surface area contributed by atoms with Crippen molar-refractivity contribution in [1.29, 1.82) is 0 Å². The summed E-state index contributed by atoms with van der Waals surface area (Å²) >= 11 is 0. The molecule has 0 radical (unpaired) electrons. The van der Waals surface area contributed by atoms with Crippen LogP contribution in [0.25, 0.3) is 46.6 Å². The maximum absolute atomic E-state index is 6.12. The van der Waals surface area contributed by atoms with Crippen LogP contribution in [0.4, 0.5) is 34.1 Å². The lowest BCUT2D eigenvalue weighted by atomic mass is 10.0. The third kappa shape index (κ3) is 18.5.